The molecule has 9 rings (SSSR count). The molecule has 3 aromatic heterocycles. The maximum atomic E-state index is 15.1. The molecule has 5 aromatic rings. The lowest BCUT2D eigenvalue weighted by Gasteiger charge is -2.38. The standard InChI is InChI=1S/C46H51FN8O6/c47-36-28-48-45(51-42(36)32-5-4-8-35(26-32)54-19-2-1-9-41(54)57)49-34-7-3-6-33(25-34)44(59)53-23-15-29(16-24-53)14-20-52-21-17-30(18-22-52)31-10-11-37-39(27-31)61-46(60)55(37)38-12-13-40(56)50-43(38)58/h1-2,4-5,8-11,19,26-30,33-34,38H,3,6-7,12-18,20-25H2,(H,48,49,51)(H,50,56,58). The number of nitrogens with zero attached hydrogens (tertiary/aromatic N) is 6. The van der Waals surface area contributed by atoms with Crippen molar-refractivity contribution in [2.45, 2.75) is 88.6 Å². The van der Waals surface area contributed by atoms with Crippen LogP contribution < -0.4 is 21.9 Å². The molecule has 2 aromatic carbocycles. The summed E-state index contributed by atoms with van der Waals surface area (Å²) in [6.45, 7) is 4.58. The zero-order chi connectivity index (χ0) is 42.0. The number of benzene rings is 2. The number of hydrogen-bond donors (Lipinski definition) is 2. The van der Waals surface area contributed by atoms with Crippen molar-refractivity contribution in [3.63, 3.8) is 0 Å². The summed E-state index contributed by atoms with van der Waals surface area (Å²) in [6.07, 6.45) is 11.8. The predicted molar refractivity (Wildman–Crippen MR) is 227 cm³/mol. The summed E-state index contributed by atoms with van der Waals surface area (Å²) in [5.74, 6) is -0.532. The minimum Gasteiger partial charge on any atom is -0.408 e. The van der Waals surface area contributed by atoms with Crippen molar-refractivity contribution in [2.24, 2.45) is 11.8 Å². The molecule has 1 aliphatic carbocycles. The van der Waals surface area contributed by atoms with Crippen LogP contribution in [0.5, 0.6) is 0 Å². The number of anilines is 1. The van der Waals surface area contributed by atoms with E-state index in [1.54, 1.807) is 42.6 Å². The van der Waals surface area contributed by atoms with Gasteiger partial charge in [0.15, 0.2) is 11.4 Å². The molecule has 318 valence electrons. The minimum atomic E-state index is -0.754. The van der Waals surface area contributed by atoms with Gasteiger partial charge in [0.2, 0.25) is 23.7 Å². The summed E-state index contributed by atoms with van der Waals surface area (Å²) in [4.78, 5) is 76.4. The summed E-state index contributed by atoms with van der Waals surface area (Å²) < 4.78 is 23.5. The number of aromatic nitrogens is 4. The second kappa shape index (κ2) is 17.6. The van der Waals surface area contributed by atoms with Crippen LogP contribution in [0.4, 0.5) is 10.3 Å². The SMILES string of the molecule is O=C1CCC(n2c(=O)oc3cc(C4CCN(CCC5CCN(C(=O)C6CCCC(Nc7ncc(F)c(-c8cccc(-n9ccccc9=O)c8)n7)C6)CC5)CC4)ccc32)C(=O)N1. The molecule has 0 spiro atoms. The van der Waals surface area contributed by atoms with E-state index < -0.39 is 23.5 Å². The number of hydrogen-bond acceptors (Lipinski definition) is 10. The Morgan fingerprint density at radius 2 is 1.74 bits per heavy atom. The van der Waals surface area contributed by atoms with E-state index in [0.717, 1.165) is 89.7 Å². The molecular formula is C46H51FN8O6. The highest BCUT2D eigenvalue weighted by Crippen LogP contribution is 2.34. The highest BCUT2D eigenvalue weighted by molar-refractivity contribution is 6.00. The molecule has 3 amide bonds. The highest BCUT2D eigenvalue weighted by atomic mass is 19.1. The van der Waals surface area contributed by atoms with Crippen LogP contribution >= 0.6 is 0 Å². The third kappa shape index (κ3) is 8.79. The van der Waals surface area contributed by atoms with Crippen molar-refractivity contribution >= 4 is 34.8 Å². The lowest BCUT2D eigenvalue weighted by atomic mass is 9.84. The molecular weight excluding hydrogens is 780 g/mol. The van der Waals surface area contributed by atoms with E-state index in [-0.39, 0.29) is 47.9 Å². The van der Waals surface area contributed by atoms with E-state index in [0.29, 0.717) is 46.6 Å². The quantitative estimate of drug-likeness (QED) is 0.165. The predicted octanol–water partition coefficient (Wildman–Crippen LogP) is 5.80. The molecule has 3 atom stereocenters. The van der Waals surface area contributed by atoms with Gasteiger partial charge in [-0.1, -0.05) is 30.7 Å². The van der Waals surface area contributed by atoms with Gasteiger partial charge in [-0.25, -0.2) is 19.2 Å². The first kappa shape index (κ1) is 40.4. The van der Waals surface area contributed by atoms with Crippen LogP contribution in [0, 0.1) is 17.7 Å². The van der Waals surface area contributed by atoms with Gasteiger partial charge in [-0.05, 0) is 125 Å². The summed E-state index contributed by atoms with van der Waals surface area (Å²) in [7, 11) is 0. The van der Waals surface area contributed by atoms with E-state index in [2.05, 4.69) is 30.4 Å². The summed E-state index contributed by atoms with van der Waals surface area (Å²) >= 11 is 0. The maximum absolute atomic E-state index is 15.1. The van der Waals surface area contributed by atoms with Gasteiger partial charge in [-0.2, -0.15) is 0 Å². The second-order valence-corrected chi connectivity index (χ2v) is 17.2. The van der Waals surface area contributed by atoms with Crippen molar-refractivity contribution in [3.05, 3.63) is 105 Å². The van der Waals surface area contributed by atoms with E-state index in [4.69, 9.17) is 4.42 Å². The fraction of sp³-hybridized carbons (Fsp3) is 0.457. The number of oxazole rings is 1. The Balaban J connectivity index is 0.728. The topological polar surface area (TPSA) is 165 Å². The number of piperidine rings is 3. The molecule has 3 unspecified atom stereocenters. The average molecular weight is 831 g/mol. The maximum Gasteiger partial charge on any atom is 0.420 e. The number of carbonyl (C=O) groups is 3. The number of pyridine rings is 1. The van der Waals surface area contributed by atoms with E-state index >= 15 is 4.39 Å². The van der Waals surface area contributed by atoms with Gasteiger partial charge < -0.3 is 19.5 Å². The fourth-order valence-electron chi connectivity index (χ4n) is 9.90. The molecule has 3 saturated heterocycles. The number of halogens is 1. The first-order valence-electron chi connectivity index (χ1n) is 21.7. The summed E-state index contributed by atoms with van der Waals surface area (Å²) in [5, 5.41) is 5.72. The molecule has 61 heavy (non-hydrogen) atoms. The van der Waals surface area contributed by atoms with Crippen molar-refractivity contribution < 1.29 is 23.2 Å². The van der Waals surface area contributed by atoms with Crippen molar-refractivity contribution in [1.82, 2.24) is 34.2 Å². The molecule has 2 N–H and O–H groups in total. The van der Waals surface area contributed by atoms with Gasteiger partial charge >= 0.3 is 5.76 Å². The molecule has 1 saturated carbocycles. The Morgan fingerprint density at radius 3 is 2.54 bits per heavy atom. The Labute approximate surface area is 352 Å². The smallest absolute Gasteiger partial charge is 0.408 e. The summed E-state index contributed by atoms with van der Waals surface area (Å²) in [5.41, 5.74) is 3.28. The molecule has 0 radical (unpaired) electrons. The second-order valence-electron chi connectivity index (χ2n) is 17.2. The number of fused-ring (bicyclic) bond motifs is 1. The average Bonchev–Trinajstić information content (AvgIpc) is 3.61. The molecule has 3 aliphatic heterocycles. The Morgan fingerprint density at radius 1 is 0.902 bits per heavy atom. The minimum absolute atomic E-state index is 0.00694. The van der Waals surface area contributed by atoms with Crippen LogP contribution in [0.3, 0.4) is 0 Å². The molecule has 15 heteroatoms. The first-order chi connectivity index (χ1) is 29.7. The highest BCUT2D eigenvalue weighted by Gasteiger charge is 2.34. The largest absolute Gasteiger partial charge is 0.420 e. The van der Waals surface area contributed by atoms with Gasteiger partial charge in [0.05, 0.1) is 11.7 Å². The first-order valence-corrected chi connectivity index (χ1v) is 21.7. The van der Waals surface area contributed by atoms with E-state index in [1.807, 2.05) is 18.2 Å². The van der Waals surface area contributed by atoms with Crippen LogP contribution in [0.15, 0.2) is 87.1 Å². The van der Waals surface area contributed by atoms with E-state index in [9.17, 15) is 24.0 Å². The fourth-order valence-corrected chi connectivity index (χ4v) is 9.90. The number of likely N-dealkylation sites (tertiary alicyclic amines) is 2. The molecule has 4 fully saturated rings. The van der Waals surface area contributed by atoms with Crippen molar-refractivity contribution in [1.29, 1.82) is 0 Å². The number of carbonyl (C=O) groups excluding carboxylic acids is 3. The third-order valence-corrected chi connectivity index (χ3v) is 13.3. The molecule has 14 nitrogen and oxygen atoms in total. The Bertz CT molecular complexity index is 2550. The number of rotatable bonds is 10. The Hall–Kier alpha value is -5.96. The van der Waals surface area contributed by atoms with Crippen LogP contribution in [0.25, 0.3) is 28.0 Å². The zero-order valence-corrected chi connectivity index (χ0v) is 34.1. The monoisotopic (exact) mass is 830 g/mol. The van der Waals surface area contributed by atoms with Gasteiger partial charge in [0, 0.05) is 55.0 Å². The summed E-state index contributed by atoms with van der Waals surface area (Å²) in [6, 6.07) is 17.1. The molecule has 4 aliphatic rings. The number of nitrogens with one attached hydrogen (secondary N) is 2. The number of amides is 3. The molecule has 6 heterocycles. The lowest BCUT2D eigenvalue weighted by Crippen LogP contribution is -2.44. The normalized spacial score (nSPS) is 22.0. The van der Waals surface area contributed by atoms with E-state index in [1.165, 1.54) is 21.4 Å². The van der Waals surface area contributed by atoms with Gasteiger partial charge in [-0.3, -0.25) is 33.6 Å². The van der Waals surface area contributed by atoms with Crippen LogP contribution in [-0.4, -0.2) is 85.4 Å². The van der Waals surface area contributed by atoms with Crippen LogP contribution in [-0.2, 0) is 14.4 Å². The van der Waals surface area contributed by atoms with Crippen LogP contribution in [0.2, 0.25) is 0 Å². The Kier molecular flexibility index (Phi) is 11.6. The third-order valence-electron chi connectivity index (χ3n) is 13.3. The van der Waals surface area contributed by atoms with Gasteiger partial charge in [-0.15, -0.1) is 0 Å². The number of imide groups is 1. The van der Waals surface area contributed by atoms with Crippen molar-refractivity contribution in [2.75, 3.05) is 38.0 Å². The van der Waals surface area contributed by atoms with Gasteiger partial charge in [0.1, 0.15) is 11.7 Å². The molecule has 0 bridgehead atoms. The van der Waals surface area contributed by atoms with Gasteiger partial charge in [0.25, 0.3) is 5.56 Å². The van der Waals surface area contributed by atoms with Crippen molar-refractivity contribution in [3.8, 4) is 16.9 Å². The van der Waals surface area contributed by atoms with Crippen LogP contribution in [0.1, 0.15) is 88.2 Å². The lowest BCUT2D eigenvalue weighted by molar-refractivity contribution is -0.138. The zero-order valence-electron chi connectivity index (χ0n) is 34.1.